The zero-order valence-corrected chi connectivity index (χ0v) is 11.3. The van der Waals surface area contributed by atoms with Crippen LogP contribution >= 0.6 is 23.2 Å². The molecule has 1 aliphatic heterocycles. The summed E-state index contributed by atoms with van der Waals surface area (Å²) in [6.07, 6.45) is 0.952. The third-order valence-electron chi connectivity index (χ3n) is 2.99. The summed E-state index contributed by atoms with van der Waals surface area (Å²) in [5, 5.41) is 14.6. The standard InChI is InChI=1S/C11H13Cl2N3O2/c1-15-3-2-7(6-15)14-10-4-8(12)9(13)5-11(10)16(17)18/h4-5,7,14H,2-3,6H2,1H3. The minimum Gasteiger partial charge on any atom is -0.375 e. The fraction of sp³-hybridized carbons (Fsp3) is 0.455. The highest BCUT2D eigenvalue weighted by Gasteiger charge is 2.23. The van der Waals surface area contributed by atoms with Gasteiger partial charge in [-0.05, 0) is 26.1 Å². The molecule has 1 aromatic rings. The highest BCUT2D eigenvalue weighted by Crippen LogP contribution is 2.34. The summed E-state index contributed by atoms with van der Waals surface area (Å²) in [5.74, 6) is 0. The van der Waals surface area contributed by atoms with E-state index in [9.17, 15) is 10.1 Å². The first-order valence-corrected chi connectivity index (χ1v) is 6.31. The van der Waals surface area contributed by atoms with Gasteiger partial charge in [0, 0.05) is 18.7 Å². The van der Waals surface area contributed by atoms with Gasteiger partial charge in [0.2, 0.25) is 0 Å². The number of nitro groups is 1. The highest BCUT2D eigenvalue weighted by atomic mass is 35.5. The molecule has 1 aliphatic rings. The fourth-order valence-corrected chi connectivity index (χ4v) is 2.40. The average Bonchev–Trinajstić information content (AvgIpc) is 2.68. The van der Waals surface area contributed by atoms with Crippen LogP contribution in [0.4, 0.5) is 11.4 Å². The van der Waals surface area contributed by atoms with Gasteiger partial charge in [-0.1, -0.05) is 23.2 Å². The molecule has 2 rings (SSSR count). The zero-order valence-electron chi connectivity index (χ0n) is 9.82. The van der Waals surface area contributed by atoms with E-state index >= 15 is 0 Å². The smallest absolute Gasteiger partial charge is 0.293 e. The number of likely N-dealkylation sites (tertiary alicyclic amines) is 1. The van der Waals surface area contributed by atoms with Gasteiger partial charge in [-0.15, -0.1) is 0 Å². The summed E-state index contributed by atoms with van der Waals surface area (Å²) in [6.45, 7) is 1.84. The van der Waals surface area contributed by atoms with Crippen molar-refractivity contribution in [1.29, 1.82) is 0 Å². The lowest BCUT2D eigenvalue weighted by Gasteiger charge is -2.14. The first-order chi connectivity index (χ1) is 8.47. The maximum atomic E-state index is 11.0. The number of nitrogens with zero attached hydrogens (tertiary/aromatic N) is 2. The van der Waals surface area contributed by atoms with E-state index in [1.54, 1.807) is 0 Å². The Bertz CT molecular complexity index is 482. The summed E-state index contributed by atoms with van der Waals surface area (Å²) in [7, 11) is 2.02. The minimum atomic E-state index is -0.455. The first-order valence-electron chi connectivity index (χ1n) is 5.56. The molecule has 1 fully saturated rings. The maximum absolute atomic E-state index is 11.0. The maximum Gasteiger partial charge on any atom is 0.293 e. The number of rotatable bonds is 3. The molecule has 0 amide bonds. The van der Waals surface area contributed by atoms with Crippen molar-refractivity contribution in [2.24, 2.45) is 0 Å². The molecule has 1 heterocycles. The number of hydrogen-bond donors (Lipinski definition) is 1. The monoisotopic (exact) mass is 289 g/mol. The molecule has 0 aliphatic carbocycles. The molecule has 0 saturated carbocycles. The van der Waals surface area contributed by atoms with Crippen LogP contribution < -0.4 is 5.32 Å². The van der Waals surface area contributed by atoms with Crippen LogP contribution in [-0.4, -0.2) is 36.0 Å². The van der Waals surface area contributed by atoms with E-state index in [-0.39, 0.29) is 16.8 Å². The van der Waals surface area contributed by atoms with Gasteiger partial charge in [0.05, 0.1) is 15.0 Å². The molecule has 7 heteroatoms. The minimum absolute atomic E-state index is 0.0426. The number of benzene rings is 1. The van der Waals surface area contributed by atoms with Crippen LogP contribution in [-0.2, 0) is 0 Å². The second-order valence-electron chi connectivity index (χ2n) is 4.43. The van der Waals surface area contributed by atoms with Gasteiger partial charge in [-0.2, -0.15) is 0 Å². The zero-order chi connectivity index (χ0) is 13.3. The summed E-state index contributed by atoms with van der Waals surface area (Å²) in [5.41, 5.74) is 0.383. The third kappa shape index (κ3) is 2.85. The number of hydrogen-bond acceptors (Lipinski definition) is 4. The van der Waals surface area contributed by atoms with E-state index in [1.165, 1.54) is 12.1 Å². The van der Waals surface area contributed by atoms with Crippen LogP contribution in [0.1, 0.15) is 6.42 Å². The second kappa shape index (κ2) is 5.30. The van der Waals surface area contributed by atoms with Crippen LogP contribution in [0.5, 0.6) is 0 Å². The molecular weight excluding hydrogens is 277 g/mol. The SMILES string of the molecule is CN1CCC(Nc2cc(Cl)c(Cl)cc2[N+](=O)[O-])C1. The van der Waals surface area contributed by atoms with Crippen LogP contribution in [0, 0.1) is 10.1 Å². The molecule has 98 valence electrons. The Labute approximate surface area is 115 Å². The summed E-state index contributed by atoms with van der Waals surface area (Å²) in [6, 6.07) is 3.00. The Balaban J connectivity index is 2.25. The van der Waals surface area contributed by atoms with E-state index in [2.05, 4.69) is 10.2 Å². The van der Waals surface area contributed by atoms with Gasteiger partial charge >= 0.3 is 0 Å². The Kier molecular flexibility index (Phi) is 3.94. The average molecular weight is 290 g/mol. The van der Waals surface area contributed by atoms with Crippen molar-refractivity contribution in [3.63, 3.8) is 0 Å². The molecular formula is C11H13Cl2N3O2. The van der Waals surface area contributed by atoms with E-state index in [1.807, 2.05) is 7.05 Å². The summed E-state index contributed by atoms with van der Waals surface area (Å²) < 4.78 is 0. The number of likely N-dealkylation sites (N-methyl/N-ethyl adjacent to an activating group) is 1. The van der Waals surface area contributed by atoms with Crippen LogP contribution in [0.15, 0.2) is 12.1 Å². The van der Waals surface area contributed by atoms with Crippen molar-refractivity contribution < 1.29 is 4.92 Å². The first kappa shape index (κ1) is 13.4. The summed E-state index contributed by atoms with van der Waals surface area (Å²) >= 11 is 11.7. The third-order valence-corrected chi connectivity index (χ3v) is 3.71. The van der Waals surface area contributed by atoms with E-state index in [4.69, 9.17) is 23.2 Å². The number of halogens is 2. The van der Waals surface area contributed by atoms with Gasteiger partial charge < -0.3 is 10.2 Å². The highest BCUT2D eigenvalue weighted by molar-refractivity contribution is 6.42. The predicted molar refractivity (Wildman–Crippen MR) is 72.6 cm³/mol. The van der Waals surface area contributed by atoms with E-state index in [0.29, 0.717) is 10.7 Å². The van der Waals surface area contributed by atoms with Gasteiger partial charge in [0.25, 0.3) is 5.69 Å². The van der Waals surface area contributed by atoms with Gasteiger partial charge in [0.15, 0.2) is 0 Å². The van der Waals surface area contributed by atoms with Crippen LogP contribution in [0.3, 0.4) is 0 Å². The van der Waals surface area contributed by atoms with Crippen molar-refractivity contribution in [1.82, 2.24) is 4.90 Å². The molecule has 1 unspecified atom stereocenters. The van der Waals surface area contributed by atoms with Crippen molar-refractivity contribution in [2.45, 2.75) is 12.5 Å². The van der Waals surface area contributed by atoms with Gasteiger partial charge in [-0.3, -0.25) is 10.1 Å². The Morgan fingerprint density at radius 3 is 2.67 bits per heavy atom. The topological polar surface area (TPSA) is 58.4 Å². The molecule has 1 saturated heterocycles. The molecule has 0 bridgehead atoms. The molecule has 0 spiro atoms. The Morgan fingerprint density at radius 2 is 2.11 bits per heavy atom. The lowest BCUT2D eigenvalue weighted by atomic mass is 10.2. The molecule has 1 atom stereocenters. The van der Waals surface area contributed by atoms with Crippen molar-refractivity contribution >= 4 is 34.6 Å². The van der Waals surface area contributed by atoms with Gasteiger partial charge in [0.1, 0.15) is 5.69 Å². The molecule has 0 radical (unpaired) electrons. The lowest BCUT2D eigenvalue weighted by molar-refractivity contribution is -0.384. The molecule has 0 aromatic heterocycles. The second-order valence-corrected chi connectivity index (χ2v) is 5.25. The normalized spacial score (nSPS) is 20.1. The molecule has 18 heavy (non-hydrogen) atoms. The Hall–Kier alpha value is -1.04. The molecule has 5 nitrogen and oxygen atoms in total. The number of nitro benzene ring substituents is 1. The molecule has 1 N–H and O–H groups in total. The lowest BCUT2D eigenvalue weighted by Crippen LogP contribution is -2.23. The van der Waals surface area contributed by atoms with Crippen LogP contribution in [0.2, 0.25) is 10.0 Å². The van der Waals surface area contributed by atoms with E-state index in [0.717, 1.165) is 19.5 Å². The largest absolute Gasteiger partial charge is 0.375 e. The Morgan fingerprint density at radius 1 is 1.44 bits per heavy atom. The van der Waals surface area contributed by atoms with Gasteiger partial charge in [-0.25, -0.2) is 0 Å². The number of nitrogens with one attached hydrogen (secondary N) is 1. The quantitative estimate of drug-likeness (QED) is 0.686. The predicted octanol–water partition coefficient (Wildman–Crippen LogP) is 3.02. The van der Waals surface area contributed by atoms with E-state index < -0.39 is 4.92 Å². The van der Waals surface area contributed by atoms with Crippen LogP contribution in [0.25, 0.3) is 0 Å². The van der Waals surface area contributed by atoms with Crippen molar-refractivity contribution in [2.75, 3.05) is 25.5 Å². The van der Waals surface area contributed by atoms with Crippen molar-refractivity contribution in [3.8, 4) is 0 Å². The molecule has 1 aromatic carbocycles. The summed E-state index contributed by atoms with van der Waals surface area (Å²) in [4.78, 5) is 12.7. The fourth-order valence-electron chi connectivity index (χ4n) is 2.08. The number of anilines is 1. The van der Waals surface area contributed by atoms with Crippen molar-refractivity contribution in [3.05, 3.63) is 32.3 Å².